The summed E-state index contributed by atoms with van der Waals surface area (Å²) in [7, 11) is 0. The van der Waals surface area contributed by atoms with Crippen molar-refractivity contribution >= 4 is 0 Å². The molecule has 0 aromatic heterocycles. The van der Waals surface area contributed by atoms with E-state index in [0.717, 1.165) is 18.6 Å². The molecule has 2 rings (SSSR count). The van der Waals surface area contributed by atoms with E-state index >= 15 is 0 Å². The Morgan fingerprint density at radius 1 is 1.35 bits per heavy atom. The van der Waals surface area contributed by atoms with Gasteiger partial charge in [0.1, 0.15) is 5.82 Å². The summed E-state index contributed by atoms with van der Waals surface area (Å²) in [6.07, 6.45) is 1.01. The van der Waals surface area contributed by atoms with Crippen LogP contribution in [0.3, 0.4) is 0 Å². The minimum absolute atomic E-state index is 0.0483. The number of benzene rings is 1. The summed E-state index contributed by atoms with van der Waals surface area (Å²) in [5.74, 6) is 0.614. The van der Waals surface area contributed by atoms with Crippen molar-refractivity contribution in [3.63, 3.8) is 0 Å². The maximum atomic E-state index is 13.3. The first-order valence-electron chi connectivity index (χ1n) is 6.32. The van der Waals surface area contributed by atoms with Gasteiger partial charge in [-0.2, -0.15) is 0 Å². The zero-order valence-electron chi connectivity index (χ0n) is 11.1. The fourth-order valence-electron chi connectivity index (χ4n) is 2.65. The molecule has 0 N–H and O–H groups in total. The van der Waals surface area contributed by atoms with Crippen LogP contribution in [0.5, 0.6) is 0 Å². The Balaban J connectivity index is 2.33. The predicted octanol–water partition coefficient (Wildman–Crippen LogP) is 4.23. The first kappa shape index (κ1) is 12.6. The number of hydrogen-bond acceptors (Lipinski definition) is 1. The smallest absolute Gasteiger partial charge is 0.123 e. The summed E-state index contributed by atoms with van der Waals surface area (Å²) < 4.78 is 19.1. The molecule has 1 fully saturated rings. The second-order valence-electron chi connectivity index (χ2n) is 5.90. The monoisotopic (exact) mass is 236 g/mol. The number of rotatable bonds is 2. The lowest BCUT2D eigenvalue weighted by Crippen LogP contribution is -2.16. The molecule has 1 nitrogen and oxygen atoms in total. The quantitative estimate of drug-likeness (QED) is 0.746. The minimum Gasteiger partial charge on any atom is -0.375 e. The van der Waals surface area contributed by atoms with E-state index in [1.807, 2.05) is 6.07 Å². The lowest BCUT2D eigenvalue weighted by molar-refractivity contribution is 0.0360. The maximum absolute atomic E-state index is 13.3. The van der Waals surface area contributed by atoms with E-state index in [0.29, 0.717) is 11.8 Å². The molecule has 1 aromatic rings. The molecule has 17 heavy (non-hydrogen) atoms. The van der Waals surface area contributed by atoms with Crippen molar-refractivity contribution in [1.82, 2.24) is 0 Å². The van der Waals surface area contributed by atoms with Crippen molar-refractivity contribution in [2.45, 2.75) is 51.6 Å². The second kappa shape index (κ2) is 4.41. The zero-order chi connectivity index (χ0) is 12.6. The van der Waals surface area contributed by atoms with E-state index in [1.165, 1.54) is 5.56 Å². The van der Waals surface area contributed by atoms with E-state index in [-0.39, 0.29) is 11.4 Å². The summed E-state index contributed by atoms with van der Waals surface area (Å²) in [4.78, 5) is 0. The standard InChI is InChI=1S/C15H21FO/c1-10(2)14-7-12(16)5-6-13(14)11-8-15(3,4)17-9-11/h5-7,10-11H,8-9H2,1-4H3. The normalized spacial score (nSPS) is 23.3. The van der Waals surface area contributed by atoms with Crippen LogP contribution in [-0.4, -0.2) is 12.2 Å². The van der Waals surface area contributed by atoms with Gasteiger partial charge in [0.05, 0.1) is 12.2 Å². The summed E-state index contributed by atoms with van der Waals surface area (Å²) in [6, 6.07) is 5.16. The maximum Gasteiger partial charge on any atom is 0.123 e. The van der Waals surface area contributed by atoms with Gasteiger partial charge in [0.25, 0.3) is 0 Å². The summed E-state index contributed by atoms with van der Waals surface area (Å²) in [6.45, 7) is 9.20. The largest absolute Gasteiger partial charge is 0.375 e. The van der Waals surface area contributed by atoms with E-state index in [4.69, 9.17) is 4.74 Å². The second-order valence-corrected chi connectivity index (χ2v) is 5.90. The van der Waals surface area contributed by atoms with Gasteiger partial charge in [-0.25, -0.2) is 4.39 Å². The van der Waals surface area contributed by atoms with Gasteiger partial charge in [0.2, 0.25) is 0 Å². The molecule has 0 saturated carbocycles. The van der Waals surface area contributed by atoms with E-state index < -0.39 is 0 Å². The third kappa shape index (κ3) is 2.68. The molecular weight excluding hydrogens is 215 g/mol. The van der Waals surface area contributed by atoms with Crippen LogP contribution in [0.15, 0.2) is 18.2 Å². The van der Waals surface area contributed by atoms with Gasteiger partial charge in [-0.1, -0.05) is 19.9 Å². The SMILES string of the molecule is CC(C)c1cc(F)ccc1C1COC(C)(C)C1. The van der Waals surface area contributed by atoms with Gasteiger partial charge >= 0.3 is 0 Å². The lowest BCUT2D eigenvalue weighted by Gasteiger charge is -2.19. The van der Waals surface area contributed by atoms with Crippen LogP contribution < -0.4 is 0 Å². The van der Waals surface area contributed by atoms with Gasteiger partial charge in [0, 0.05) is 5.92 Å². The molecule has 1 unspecified atom stereocenters. The lowest BCUT2D eigenvalue weighted by atomic mass is 9.85. The van der Waals surface area contributed by atoms with Gasteiger partial charge < -0.3 is 4.74 Å². The average molecular weight is 236 g/mol. The Morgan fingerprint density at radius 2 is 2.06 bits per heavy atom. The number of halogens is 1. The molecule has 1 heterocycles. The van der Waals surface area contributed by atoms with Crippen molar-refractivity contribution in [3.8, 4) is 0 Å². The van der Waals surface area contributed by atoms with Crippen molar-refractivity contribution in [2.75, 3.05) is 6.61 Å². The van der Waals surface area contributed by atoms with Crippen LogP contribution in [0.1, 0.15) is 57.1 Å². The topological polar surface area (TPSA) is 9.23 Å². The van der Waals surface area contributed by atoms with Crippen molar-refractivity contribution in [2.24, 2.45) is 0 Å². The zero-order valence-corrected chi connectivity index (χ0v) is 11.1. The molecule has 1 atom stereocenters. The third-order valence-electron chi connectivity index (χ3n) is 3.52. The first-order chi connectivity index (χ1) is 7.89. The molecular formula is C15H21FO. The van der Waals surface area contributed by atoms with Crippen LogP contribution in [-0.2, 0) is 4.74 Å². The summed E-state index contributed by atoms with van der Waals surface area (Å²) in [5, 5.41) is 0. The van der Waals surface area contributed by atoms with Gasteiger partial charge in [-0.05, 0) is 49.4 Å². The highest BCUT2D eigenvalue weighted by molar-refractivity contribution is 5.34. The van der Waals surface area contributed by atoms with E-state index in [9.17, 15) is 4.39 Å². The Hall–Kier alpha value is -0.890. The highest BCUT2D eigenvalue weighted by Crippen LogP contribution is 2.39. The molecule has 2 heteroatoms. The van der Waals surface area contributed by atoms with Crippen LogP contribution >= 0.6 is 0 Å². The molecule has 0 spiro atoms. The fourth-order valence-corrected chi connectivity index (χ4v) is 2.65. The average Bonchev–Trinajstić information content (AvgIpc) is 2.58. The summed E-state index contributed by atoms with van der Waals surface area (Å²) >= 11 is 0. The van der Waals surface area contributed by atoms with Crippen molar-refractivity contribution < 1.29 is 9.13 Å². The number of hydrogen-bond donors (Lipinski definition) is 0. The molecule has 0 radical (unpaired) electrons. The van der Waals surface area contributed by atoms with E-state index in [1.54, 1.807) is 12.1 Å². The molecule has 1 saturated heterocycles. The Morgan fingerprint density at radius 3 is 2.59 bits per heavy atom. The number of ether oxygens (including phenoxy) is 1. The predicted molar refractivity (Wildman–Crippen MR) is 67.9 cm³/mol. The highest BCUT2D eigenvalue weighted by atomic mass is 19.1. The molecule has 1 aromatic carbocycles. The molecule has 0 bridgehead atoms. The highest BCUT2D eigenvalue weighted by Gasteiger charge is 2.34. The fraction of sp³-hybridized carbons (Fsp3) is 0.600. The Labute approximate surface area is 103 Å². The van der Waals surface area contributed by atoms with Crippen LogP contribution in [0.25, 0.3) is 0 Å². The van der Waals surface area contributed by atoms with Crippen LogP contribution in [0, 0.1) is 5.82 Å². The van der Waals surface area contributed by atoms with Gasteiger partial charge in [0.15, 0.2) is 0 Å². The van der Waals surface area contributed by atoms with Gasteiger partial charge in [-0.15, -0.1) is 0 Å². The minimum atomic E-state index is -0.143. The molecule has 1 aliphatic heterocycles. The molecule has 94 valence electrons. The first-order valence-corrected chi connectivity index (χ1v) is 6.32. The molecule has 0 aliphatic carbocycles. The summed E-state index contributed by atoms with van der Waals surface area (Å²) in [5.41, 5.74) is 2.33. The molecule has 0 amide bonds. The van der Waals surface area contributed by atoms with Crippen molar-refractivity contribution in [1.29, 1.82) is 0 Å². The van der Waals surface area contributed by atoms with Crippen LogP contribution in [0.2, 0.25) is 0 Å². The third-order valence-corrected chi connectivity index (χ3v) is 3.52. The van der Waals surface area contributed by atoms with Crippen molar-refractivity contribution in [3.05, 3.63) is 35.1 Å². The van der Waals surface area contributed by atoms with Gasteiger partial charge in [-0.3, -0.25) is 0 Å². The van der Waals surface area contributed by atoms with Crippen LogP contribution in [0.4, 0.5) is 4.39 Å². The van der Waals surface area contributed by atoms with E-state index in [2.05, 4.69) is 27.7 Å². The Kier molecular flexibility index (Phi) is 3.26. The molecule has 1 aliphatic rings. The Bertz CT molecular complexity index is 409.